The molecule has 0 aliphatic carbocycles. The molecule has 1 aromatic heterocycles. The van der Waals surface area contributed by atoms with Gasteiger partial charge in [-0.1, -0.05) is 12.1 Å². The number of rotatable bonds is 1. The summed E-state index contributed by atoms with van der Waals surface area (Å²) in [5.41, 5.74) is 2.11. The minimum absolute atomic E-state index is 0.0746. The lowest BCUT2D eigenvalue weighted by Crippen LogP contribution is -2.37. The van der Waals surface area contributed by atoms with E-state index in [9.17, 15) is 4.79 Å². The third-order valence-corrected chi connectivity index (χ3v) is 3.59. The summed E-state index contributed by atoms with van der Waals surface area (Å²) in [5.74, 6) is 0. The minimum Gasteiger partial charge on any atom is -0.297 e. The number of aryl methyl sites for hydroxylation is 1. The Hall–Kier alpha value is -1.55. The van der Waals surface area contributed by atoms with Crippen LogP contribution in [0.15, 0.2) is 29.1 Å². The van der Waals surface area contributed by atoms with Gasteiger partial charge in [-0.15, -0.1) is 0 Å². The lowest BCUT2D eigenvalue weighted by molar-refractivity contribution is 0.319. The molecule has 0 radical (unpaired) electrons. The van der Waals surface area contributed by atoms with E-state index >= 15 is 0 Å². The number of benzene rings is 1. The van der Waals surface area contributed by atoms with Crippen LogP contribution in [0.5, 0.6) is 0 Å². The van der Waals surface area contributed by atoms with Gasteiger partial charge >= 0.3 is 5.69 Å². The molecule has 2 heterocycles. The first-order chi connectivity index (χ1) is 8.29. The fourth-order valence-electron chi connectivity index (χ4n) is 2.67. The van der Waals surface area contributed by atoms with Gasteiger partial charge in [0.05, 0.1) is 17.2 Å². The highest BCUT2D eigenvalue weighted by Gasteiger charge is 2.20. The molecule has 1 N–H and O–H groups in total. The first kappa shape index (κ1) is 10.6. The molecule has 4 nitrogen and oxygen atoms in total. The van der Waals surface area contributed by atoms with Crippen LogP contribution in [0, 0.1) is 0 Å². The Balaban J connectivity index is 2.21. The maximum atomic E-state index is 12.3. The summed E-state index contributed by atoms with van der Waals surface area (Å²) in [4.78, 5) is 12.3. The quantitative estimate of drug-likeness (QED) is 0.810. The molecule has 1 aromatic carbocycles. The Morgan fingerprint density at radius 1 is 1.24 bits per heavy atom. The number of hydrogen-bond donors (Lipinski definition) is 1. The average Bonchev–Trinajstić information content (AvgIpc) is 2.64. The molecule has 1 fully saturated rings. The second-order valence-electron chi connectivity index (χ2n) is 4.67. The van der Waals surface area contributed by atoms with Crippen LogP contribution in [0.25, 0.3) is 11.0 Å². The molecule has 17 heavy (non-hydrogen) atoms. The Morgan fingerprint density at radius 2 is 2.00 bits per heavy atom. The Morgan fingerprint density at radius 3 is 2.71 bits per heavy atom. The van der Waals surface area contributed by atoms with Crippen LogP contribution in [0.1, 0.15) is 25.4 Å². The third-order valence-electron chi connectivity index (χ3n) is 3.59. The van der Waals surface area contributed by atoms with Crippen molar-refractivity contribution in [1.29, 1.82) is 0 Å². The molecule has 0 spiro atoms. The van der Waals surface area contributed by atoms with Crippen LogP contribution in [0.2, 0.25) is 0 Å². The molecule has 2 aromatic rings. The van der Waals surface area contributed by atoms with Crippen LogP contribution >= 0.6 is 0 Å². The fourth-order valence-corrected chi connectivity index (χ4v) is 2.67. The normalized spacial score (nSPS) is 20.9. The standard InChI is InChI=1S/C13H17N3O/c1-15-10-6-2-3-7-11(10)16(13(15)17)12-8-4-5-9-14-12/h2-3,6-7,12,14H,4-5,8-9H2,1H3. The number of hydrogen-bond acceptors (Lipinski definition) is 2. The fraction of sp³-hybridized carbons (Fsp3) is 0.462. The van der Waals surface area contributed by atoms with E-state index in [2.05, 4.69) is 5.32 Å². The van der Waals surface area contributed by atoms with E-state index < -0.39 is 0 Å². The van der Waals surface area contributed by atoms with E-state index in [4.69, 9.17) is 0 Å². The molecule has 90 valence electrons. The van der Waals surface area contributed by atoms with Crippen LogP contribution in [0.4, 0.5) is 0 Å². The van der Waals surface area contributed by atoms with Crippen molar-refractivity contribution in [3.05, 3.63) is 34.7 Å². The SMILES string of the molecule is Cn1c(=O)n(C2CCCCN2)c2ccccc21. The molecule has 0 saturated carbocycles. The first-order valence-electron chi connectivity index (χ1n) is 6.18. The number of nitrogens with one attached hydrogen (secondary N) is 1. The summed E-state index contributed by atoms with van der Waals surface area (Å²) in [6.45, 7) is 1.00. The summed E-state index contributed by atoms with van der Waals surface area (Å²) in [5, 5.41) is 3.43. The van der Waals surface area contributed by atoms with E-state index in [-0.39, 0.29) is 11.9 Å². The van der Waals surface area contributed by atoms with Crippen molar-refractivity contribution >= 4 is 11.0 Å². The minimum atomic E-state index is 0.0746. The second kappa shape index (κ2) is 4.04. The highest BCUT2D eigenvalue weighted by atomic mass is 16.1. The summed E-state index contributed by atoms with van der Waals surface area (Å²) >= 11 is 0. The largest absolute Gasteiger partial charge is 0.330 e. The van der Waals surface area contributed by atoms with Crippen molar-refractivity contribution in [2.24, 2.45) is 7.05 Å². The highest BCUT2D eigenvalue weighted by Crippen LogP contribution is 2.20. The molecular formula is C13H17N3O. The Kier molecular flexibility index (Phi) is 2.52. The summed E-state index contributed by atoms with van der Waals surface area (Å²) in [6.07, 6.45) is 3.58. The molecule has 1 aliphatic rings. The van der Waals surface area contributed by atoms with Gasteiger partial charge in [-0.05, 0) is 37.9 Å². The van der Waals surface area contributed by atoms with Crippen LogP contribution < -0.4 is 11.0 Å². The van der Waals surface area contributed by atoms with Gasteiger partial charge in [0.15, 0.2) is 0 Å². The van der Waals surface area contributed by atoms with Gasteiger partial charge in [0, 0.05) is 7.05 Å². The van der Waals surface area contributed by atoms with Crippen LogP contribution in [-0.4, -0.2) is 15.7 Å². The van der Waals surface area contributed by atoms with Gasteiger partial charge < -0.3 is 0 Å². The summed E-state index contributed by atoms with van der Waals surface area (Å²) in [7, 11) is 1.84. The van der Waals surface area contributed by atoms with Gasteiger partial charge in [-0.3, -0.25) is 14.5 Å². The van der Waals surface area contributed by atoms with E-state index in [1.165, 1.54) is 12.8 Å². The van der Waals surface area contributed by atoms with Gasteiger partial charge in [-0.2, -0.15) is 0 Å². The molecule has 1 saturated heterocycles. The average molecular weight is 231 g/mol. The van der Waals surface area contributed by atoms with Gasteiger partial charge in [0.1, 0.15) is 0 Å². The highest BCUT2D eigenvalue weighted by molar-refractivity contribution is 5.76. The zero-order valence-electron chi connectivity index (χ0n) is 10.0. The molecule has 3 rings (SSSR count). The van der Waals surface area contributed by atoms with Crippen molar-refractivity contribution in [2.75, 3.05) is 6.54 Å². The number of nitrogens with zero attached hydrogens (tertiary/aromatic N) is 2. The van der Waals surface area contributed by atoms with E-state index in [0.717, 1.165) is 24.0 Å². The lowest BCUT2D eigenvalue weighted by atomic mass is 10.1. The molecule has 1 unspecified atom stereocenters. The van der Waals surface area contributed by atoms with Gasteiger partial charge in [0.2, 0.25) is 0 Å². The number of para-hydroxylation sites is 2. The van der Waals surface area contributed by atoms with Crippen LogP contribution in [0.3, 0.4) is 0 Å². The van der Waals surface area contributed by atoms with E-state index in [0.29, 0.717) is 0 Å². The molecule has 1 atom stereocenters. The second-order valence-corrected chi connectivity index (χ2v) is 4.67. The Labute approximate surface area is 99.9 Å². The van der Waals surface area contributed by atoms with Crippen molar-refractivity contribution in [1.82, 2.24) is 14.5 Å². The molecular weight excluding hydrogens is 214 g/mol. The third kappa shape index (κ3) is 1.60. The van der Waals surface area contributed by atoms with E-state index in [1.807, 2.05) is 35.9 Å². The summed E-state index contributed by atoms with van der Waals surface area (Å²) in [6, 6.07) is 7.98. The maximum absolute atomic E-state index is 12.3. The molecule has 0 bridgehead atoms. The number of fused-ring (bicyclic) bond motifs is 1. The Bertz CT molecular complexity index is 590. The number of aromatic nitrogens is 2. The predicted molar refractivity (Wildman–Crippen MR) is 68.1 cm³/mol. The van der Waals surface area contributed by atoms with E-state index in [1.54, 1.807) is 4.57 Å². The smallest absolute Gasteiger partial charge is 0.297 e. The van der Waals surface area contributed by atoms with Gasteiger partial charge in [0.25, 0.3) is 0 Å². The van der Waals surface area contributed by atoms with Crippen molar-refractivity contribution in [3.8, 4) is 0 Å². The first-order valence-corrected chi connectivity index (χ1v) is 6.18. The molecule has 0 amide bonds. The molecule has 1 aliphatic heterocycles. The monoisotopic (exact) mass is 231 g/mol. The molecule has 4 heteroatoms. The lowest BCUT2D eigenvalue weighted by Gasteiger charge is -2.24. The number of imidazole rings is 1. The zero-order valence-corrected chi connectivity index (χ0v) is 10.0. The van der Waals surface area contributed by atoms with Crippen molar-refractivity contribution in [2.45, 2.75) is 25.4 Å². The topological polar surface area (TPSA) is 39.0 Å². The van der Waals surface area contributed by atoms with Crippen molar-refractivity contribution < 1.29 is 0 Å². The number of piperidine rings is 1. The van der Waals surface area contributed by atoms with Crippen molar-refractivity contribution in [3.63, 3.8) is 0 Å². The predicted octanol–water partition coefficient (Wildman–Crippen LogP) is 1.61. The maximum Gasteiger partial charge on any atom is 0.330 e. The zero-order chi connectivity index (χ0) is 11.8. The summed E-state index contributed by atoms with van der Waals surface area (Å²) < 4.78 is 3.63. The van der Waals surface area contributed by atoms with Gasteiger partial charge in [-0.25, -0.2) is 4.79 Å². The van der Waals surface area contributed by atoms with Crippen LogP contribution in [-0.2, 0) is 7.05 Å².